The van der Waals surface area contributed by atoms with Gasteiger partial charge in [0, 0.05) is 11.9 Å². The standard InChI is InChI=1S/C25H19FN4O/c1-16-14-30(15-27-16)21-4-2-3-19(11-21)23-13-25(31)29-24-12-18(7-10-22(24)28-23)17-5-8-20(26)9-6-17/h2-12,14-15H,13H2,1H3,(H,29,31). The van der Waals surface area contributed by atoms with E-state index in [4.69, 9.17) is 4.99 Å². The fourth-order valence-corrected chi connectivity index (χ4v) is 3.66. The third kappa shape index (κ3) is 3.88. The summed E-state index contributed by atoms with van der Waals surface area (Å²) in [5.41, 5.74) is 6.56. The van der Waals surface area contributed by atoms with Crippen molar-refractivity contribution in [2.75, 3.05) is 5.32 Å². The van der Waals surface area contributed by atoms with E-state index in [0.717, 1.165) is 28.1 Å². The number of carbonyl (C=O) groups is 1. The number of rotatable bonds is 3. The number of aliphatic imine (C=N–C) groups is 1. The number of aromatic nitrogens is 2. The normalized spacial score (nSPS) is 13.2. The average molecular weight is 410 g/mol. The predicted octanol–water partition coefficient (Wildman–Crippen LogP) is 5.45. The van der Waals surface area contributed by atoms with E-state index in [-0.39, 0.29) is 18.1 Å². The van der Waals surface area contributed by atoms with Crippen molar-refractivity contribution in [1.29, 1.82) is 0 Å². The second-order valence-electron chi connectivity index (χ2n) is 7.49. The zero-order valence-electron chi connectivity index (χ0n) is 16.8. The summed E-state index contributed by atoms with van der Waals surface area (Å²) in [7, 11) is 0. The summed E-state index contributed by atoms with van der Waals surface area (Å²) >= 11 is 0. The molecule has 5 rings (SSSR count). The number of hydrogen-bond acceptors (Lipinski definition) is 3. The Kier molecular flexibility index (Phi) is 4.67. The molecule has 0 unspecified atom stereocenters. The molecule has 0 atom stereocenters. The van der Waals surface area contributed by atoms with E-state index < -0.39 is 0 Å². The van der Waals surface area contributed by atoms with Gasteiger partial charge >= 0.3 is 0 Å². The number of carbonyl (C=O) groups excluding carboxylic acids is 1. The maximum atomic E-state index is 13.2. The second kappa shape index (κ2) is 7.65. The van der Waals surface area contributed by atoms with Gasteiger partial charge in [0.25, 0.3) is 0 Å². The first-order valence-electron chi connectivity index (χ1n) is 9.94. The number of hydrogen-bond donors (Lipinski definition) is 1. The lowest BCUT2D eigenvalue weighted by Gasteiger charge is -2.08. The molecule has 6 heteroatoms. The molecule has 0 saturated heterocycles. The lowest BCUT2D eigenvalue weighted by molar-refractivity contribution is -0.115. The van der Waals surface area contributed by atoms with Gasteiger partial charge in [0.05, 0.1) is 35.5 Å². The van der Waals surface area contributed by atoms with Crippen molar-refractivity contribution in [2.45, 2.75) is 13.3 Å². The summed E-state index contributed by atoms with van der Waals surface area (Å²) in [4.78, 5) is 21.7. The Morgan fingerprint density at radius 1 is 0.968 bits per heavy atom. The van der Waals surface area contributed by atoms with Crippen molar-refractivity contribution in [1.82, 2.24) is 9.55 Å². The van der Waals surface area contributed by atoms with E-state index in [9.17, 15) is 9.18 Å². The van der Waals surface area contributed by atoms with Crippen LogP contribution in [0.4, 0.5) is 15.8 Å². The molecule has 1 aliphatic heterocycles. The van der Waals surface area contributed by atoms with Gasteiger partial charge in [-0.15, -0.1) is 0 Å². The Balaban J connectivity index is 1.53. The van der Waals surface area contributed by atoms with E-state index in [1.165, 1.54) is 12.1 Å². The minimum atomic E-state index is -0.283. The van der Waals surface area contributed by atoms with Crippen LogP contribution in [0.3, 0.4) is 0 Å². The largest absolute Gasteiger partial charge is 0.324 e. The van der Waals surface area contributed by atoms with Crippen molar-refractivity contribution in [3.8, 4) is 16.8 Å². The molecule has 0 bridgehead atoms. The first-order valence-corrected chi connectivity index (χ1v) is 9.94. The molecule has 0 aliphatic carbocycles. The van der Waals surface area contributed by atoms with Crippen LogP contribution in [0.15, 0.2) is 84.2 Å². The van der Waals surface area contributed by atoms with Crippen LogP contribution in [0, 0.1) is 12.7 Å². The van der Waals surface area contributed by atoms with Crippen molar-refractivity contribution >= 4 is 23.0 Å². The number of nitrogens with one attached hydrogen (secondary N) is 1. The fourth-order valence-electron chi connectivity index (χ4n) is 3.66. The van der Waals surface area contributed by atoms with Gasteiger partial charge < -0.3 is 9.88 Å². The molecule has 0 fully saturated rings. The number of benzene rings is 3. The van der Waals surface area contributed by atoms with Gasteiger partial charge in [-0.1, -0.05) is 30.3 Å². The molecule has 1 N–H and O–H groups in total. The van der Waals surface area contributed by atoms with Crippen LogP contribution in [0.5, 0.6) is 0 Å². The Hall–Kier alpha value is -4.06. The molecule has 0 saturated carbocycles. The summed E-state index contributed by atoms with van der Waals surface area (Å²) in [6.07, 6.45) is 3.89. The minimum absolute atomic E-state index is 0.127. The number of imidazole rings is 1. The van der Waals surface area contributed by atoms with E-state index in [2.05, 4.69) is 10.3 Å². The highest BCUT2D eigenvalue weighted by molar-refractivity contribution is 6.17. The van der Waals surface area contributed by atoms with Crippen LogP contribution in [-0.2, 0) is 4.79 Å². The van der Waals surface area contributed by atoms with Crippen LogP contribution < -0.4 is 5.32 Å². The van der Waals surface area contributed by atoms with Gasteiger partial charge in [-0.05, 0) is 60.0 Å². The Labute approximate surface area is 178 Å². The highest BCUT2D eigenvalue weighted by Gasteiger charge is 2.18. The maximum absolute atomic E-state index is 13.2. The summed E-state index contributed by atoms with van der Waals surface area (Å²) in [6, 6.07) is 19.9. The number of aryl methyl sites for hydroxylation is 1. The fraction of sp³-hybridized carbons (Fsp3) is 0.0800. The van der Waals surface area contributed by atoms with E-state index in [0.29, 0.717) is 17.1 Å². The highest BCUT2D eigenvalue weighted by atomic mass is 19.1. The number of fused-ring (bicyclic) bond motifs is 1. The van der Waals surface area contributed by atoms with Gasteiger partial charge in [-0.2, -0.15) is 0 Å². The summed E-state index contributed by atoms with van der Waals surface area (Å²) in [6.45, 7) is 1.94. The average Bonchev–Trinajstić information content (AvgIpc) is 3.13. The third-order valence-electron chi connectivity index (χ3n) is 5.22. The first kappa shape index (κ1) is 18.9. The zero-order valence-corrected chi connectivity index (χ0v) is 16.8. The number of anilines is 1. The topological polar surface area (TPSA) is 59.3 Å². The Morgan fingerprint density at radius 2 is 1.77 bits per heavy atom. The lowest BCUT2D eigenvalue weighted by atomic mass is 10.0. The zero-order chi connectivity index (χ0) is 21.4. The second-order valence-corrected chi connectivity index (χ2v) is 7.49. The summed E-state index contributed by atoms with van der Waals surface area (Å²) in [5.74, 6) is -0.410. The Morgan fingerprint density at radius 3 is 2.55 bits per heavy atom. The van der Waals surface area contributed by atoms with Crippen molar-refractivity contribution in [3.05, 3.63) is 96.3 Å². The predicted molar refractivity (Wildman–Crippen MR) is 120 cm³/mol. The summed E-state index contributed by atoms with van der Waals surface area (Å²) in [5, 5.41) is 2.95. The van der Waals surface area contributed by atoms with E-state index in [1.54, 1.807) is 18.5 Å². The van der Waals surface area contributed by atoms with Gasteiger partial charge in [-0.25, -0.2) is 9.37 Å². The maximum Gasteiger partial charge on any atom is 0.230 e. The van der Waals surface area contributed by atoms with Gasteiger partial charge in [0.1, 0.15) is 5.82 Å². The molecule has 5 nitrogen and oxygen atoms in total. The summed E-state index contributed by atoms with van der Waals surface area (Å²) < 4.78 is 15.2. The molecular weight excluding hydrogens is 391 g/mol. The molecule has 1 aromatic heterocycles. The SMILES string of the molecule is Cc1cn(-c2cccc(C3=Nc4ccc(-c5ccc(F)cc5)cc4NC(=O)C3)c2)cn1. The van der Waals surface area contributed by atoms with Crippen molar-refractivity contribution in [2.24, 2.45) is 4.99 Å². The molecular formula is C25H19FN4O. The quantitative estimate of drug-likeness (QED) is 0.488. The molecule has 1 aliphatic rings. The van der Waals surface area contributed by atoms with Crippen LogP contribution >= 0.6 is 0 Å². The molecule has 0 spiro atoms. The van der Waals surface area contributed by atoms with Crippen LogP contribution in [0.1, 0.15) is 17.7 Å². The van der Waals surface area contributed by atoms with Crippen molar-refractivity contribution in [3.63, 3.8) is 0 Å². The number of halogens is 1. The van der Waals surface area contributed by atoms with Gasteiger partial charge in [0.15, 0.2) is 0 Å². The van der Waals surface area contributed by atoms with Crippen LogP contribution in [0.2, 0.25) is 0 Å². The molecule has 3 aromatic carbocycles. The smallest absolute Gasteiger partial charge is 0.230 e. The van der Waals surface area contributed by atoms with Gasteiger partial charge in [-0.3, -0.25) is 9.79 Å². The van der Waals surface area contributed by atoms with E-state index >= 15 is 0 Å². The molecule has 31 heavy (non-hydrogen) atoms. The van der Waals surface area contributed by atoms with Crippen molar-refractivity contribution < 1.29 is 9.18 Å². The minimum Gasteiger partial charge on any atom is -0.324 e. The van der Waals surface area contributed by atoms with Crippen LogP contribution in [-0.4, -0.2) is 21.2 Å². The van der Waals surface area contributed by atoms with E-state index in [1.807, 2.05) is 60.2 Å². The number of amides is 1. The lowest BCUT2D eigenvalue weighted by Crippen LogP contribution is -2.15. The van der Waals surface area contributed by atoms with Crippen LogP contribution in [0.25, 0.3) is 16.8 Å². The Bertz CT molecular complexity index is 1320. The van der Waals surface area contributed by atoms with Gasteiger partial charge in [0.2, 0.25) is 5.91 Å². The molecule has 152 valence electrons. The third-order valence-corrected chi connectivity index (χ3v) is 5.22. The number of nitrogens with zero attached hydrogens (tertiary/aromatic N) is 3. The monoisotopic (exact) mass is 410 g/mol. The molecule has 2 heterocycles. The molecule has 4 aromatic rings. The molecule has 0 radical (unpaired) electrons. The first-order chi connectivity index (χ1) is 15.0. The highest BCUT2D eigenvalue weighted by Crippen LogP contribution is 2.34. The molecule has 1 amide bonds.